The summed E-state index contributed by atoms with van der Waals surface area (Å²) in [5, 5.41) is 3.33. The fourth-order valence-corrected chi connectivity index (χ4v) is 2.95. The first-order chi connectivity index (χ1) is 11.2. The van der Waals surface area contributed by atoms with Crippen LogP contribution in [0.2, 0.25) is 0 Å². The molecule has 1 aromatic carbocycles. The number of para-hydroxylation sites is 1. The van der Waals surface area contributed by atoms with Crippen molar-refractivity contribution in [3.63, 3.8) is 0 Å². The van der Waals surface area contributed by atoms with Gasteiger partial charge < -0.3 is 15.1 Å². The summed E-state index contributed by atoms with van der Waals surface area (Å²) in [6, 6.07) is 10.6. The molecule has 122 valence electrons. The van der Waals surface area contributed by atoms with Gasteiger partial charge in [0.15, 0.2) is 0 Å². The van der Waals surface area contributed by atoms with E-state index in [9.17, 15) is 0 Å². The van der Waals surface area contributed by atoms with Crippen molar-refractivity contribution in [2.45, 2.75) is 19.3 Å². The smallest absolute Gasteiger partial charge is 0.224 e. The van der Waals surface area contributed by atoms with E-state index in [0.717, 1.165) is 44.7 Å². The minimum atomic E-state index is 0.712. The first-order valence-corrected chi connectivity index (χ1v) is 8.31. The van der Waals surface area contributed by atoms with Gasteiger partial charge in [0, 0.05) is 25.0 Å². The van der Waals surface area contributed by atoms with Gasteiger partial charge in [0.1, 0.15) is 5.82 Å². The van der Waals surface area contributed by atoms with Crippen LogP contribution >= 0.6 is 0 Å². The molecule has 1 aliphatic rings. The monoisotopic (exact) mass is 311 g/mol. The van der Waals surface area contributed by atoms with Crippen LogP contribution in [0.4, 0.5) is 17.5 Å². The molecule has 1 aliphatic heterocycles. The van der Waals surface area contributed by atoms with Gasteiger partial charge in [-0.15, -0.1) is 0 Å². The molecular formula is C18H25N5. The summed E-state index contributed by atoms with van der Waals surface area (Å²) < 4.78 is 0. The topological polar surface area (TPSA) is 44.3 Å². The summed E-state index contributed by atoms with van der Waals surface area (Å²) in [6.45, 7) is 2.96. The number of hydrogen-bond donors (Lipinski definition) is 1. The Bertz CT molecular complexity index is 641. The third kappa shape index (κ3) is 3.99. The van der Waals surface area contributed by atoms with Gasteiger partial charge >= 0.3 is 0 Å². The Morgan fingerprint density at radius 1 is 1.22 bits per heavy atom. The zero-order valence-corrected chi connectivity index (χ0v) is 14.0. The number of benzene rings is 1. The highest BCUT2D eigenvalue weighted by Crippen LogP contribution is 2.32. The number of nitrogens with one attached hydrogen (secondary N) is 1. The third-order valence-electron chi connectivity index (χ3n) is 4.09. The second-order valence-electron chi connectivity index (χ2n) is 6.21. The van der Waals surface area contributed by atoms with Crippen molar-refractivity contribution in [2.24, 2.45) is 0 Å². The van der Waals surface area contributed by atoms with E-state index in [1.807, 2.05) is 12.3 Å². The van der Waals surface area contributed by atoms with Crippen LogP contribution in [0.3, 0.4) is 0 Å². The van der Waals surface area contributed by atoms with E-state index in [-0.39, 0.29) is 0 Å². The molecule has 1 N–H and O–H groups in total. The van der Waals surface area contributed by atoms with Gasteiger partial charge in [0.25, 0.3) is 0 Å². The van der Waals surface area contributed by atoms with E-state index in [1.54, 1.807) is 0 Å². The maximum absolute atomic E-state index is 4.70. The molecule has 0 spiro atoms. The van der Waals surface area contributed by atoms with Gasteiger partial charge in [0.05, 0.1) is 0 Å². The zero-order valence-electron chi connectivity index (χ0n) is 14.0. The number of aryl methyl sites for hydroxylation is 1. The summed E-state index contributed by atoms with van der Waals surface area (Å²) in [5.74, 6) is 1.69. The minimum Gasteiger partial charge on any atom is -0.354 e. The van der Waals surface area contributed by atoms with Crippen LogP contribution in [0.25, 0.3) is 0 Å². The Morgan fingerprint density at radius 2 is 2.09 bits per heavy atom. The highest BCUT2D eigenvalue weighted by Gasteiger charge is 2.18. The third-order valence-corrected chi connectivity index (χ3v) is 4.09. The lowest BCUT2D eigenvalue weighted by atomic mass is 10.0. The van der Waals surface area contributed by atoms with Gasteiger partial charge in [-0.25, -0.2) is 4.98 Å². The molecule has 0 bridgehead atoms. The lowest BCUT2D eigenvalue weighted by molar-refractivity contribution is 0.405. The maximum atomic E-state index is 4.70. The van der Waals surface area contributed by atoms with Crippen LogP contribution in [-0.4, -0.2) is 48.6 Å². The molecule has 5 heteroatoms. The summed E-state index contributed by atoms with van der Waals surface area (Å²) in [6.07, 6.45) is 5.22. The summed E-state index contributed by atoms with van der Waals surface area (Å²) >= 11 is 0. The van der Waals surface area contributed by atoms with Crippen molar-refractivity contribution in [2.75, 3.05) is 43.9 Å². The first-order valence-electron chi connectivity index (χ1n) is 8.31. The van der Waals surface area contributed by atoms with Gasteiger partial charge in [-0.3, -0.25) is 0 Å². The second-order valence-corrected chi connectivity index (χ2v) is 6.21. The summed E-state index contributed by atoms with van der Waals surface area (Å²) in [4.78, 5) is 13.5. The molecule has 1 aromatic heterocycles. The average Bonchev–Trinajstić information content (AvgIpc) is 2.58. The first kappa shape index (κ1) is 15.7. The SMILES string of the molecule is CN(C)CCCNc1nccc(N2CCCc3ccccc32)n1. The minimum absolute atomic E-state index is 0.712. The Kier molecular flexibility index (Phi) is 5.08. The number of aromatic nitrogens is 2. The molecule has 0 saturated heterocycles. The molecule has 3 rings (SSSR count). The highest BCUT2D eigenvalue weighted by molar-refractivity contribution is 5.65. The Morgan fingerprint density at radius 3 is 2.96 bits per heavy atom. The number of nitrogens with zero attached hydrogens (tertiary/aromatic N) is 4. The van der Waals surface area contributed by atoms with Gasteiger partial charge in [-0.05, 0) is 57.6 Å². The molecule has 0 fully saturated rings. The van der Waals surface area contributed by atoms with E-state index in [4.69, 9.17) is 4.98 Å². The largest absolute Gasteiger partial charge is 0.354 e. The number of rotatable bonds is 6. The van der Waals surface area contributed by atoms with Crippen LogP contribution in [0.5, 0.6) is 0 Å². The predicted octanol–water partition coefficient (Wildman–Crippen LogP) is 2.92. The molecule has 2 aromatic rings. The van der Waals surface area contributed by atoms with Gasteiger partial charge in [-0.2, -0.15) is 4.98 Å². The molecule has 0 aliphatic carbocycles. The quantitative estimate of drug-likeness (QED) is 0.831. The lowest BCUT2D eigenvalue weighted by Gasteiger charge is -2.30. The van der Waals surface area contributed by atoms with E-state index in [2.05, 4.69) is 58.5 Å². The summed E-state index contributed by atoms with van der Waals surface area (Å²) in [7, 11) is 4.18. The number of anilines is 3. The van der Waals surface area contributed by atoms with Crippen LogP contribution < -0.4 is 10.2 Å². The molecular weight excluding hydrogens is 286 g/mol. The van der Waals surface area contributed by atoms with Crippen LogP contribution in [0, 0.1) is 0 Å². The molecule has 23 heavy (non-hydrogen) atoms. The van der Waals surface area contributed by atoms with Crippen molar-refractivity contribution in [3.05, 3.63) is 42.1 Å². The van der Waals surface area contributed by atoms with Crippen LogP contribution in [0.1, 0.15) is 18.4 Å². The molecule has 0 radical (unpaired) electrons. The van der Waals surface area contributed by atoms with E-state index in [1.165, 1.54) is 11.3 Å². The Hall–Kier alpha value is -2.14. The normalized spacial score (nSPS) is 14.0. The Labute approximate surface area is 138 Å². The van der Waals surface area contributed by atoms with Crippen molar-refractivity contribution >= 4 is 17.5 Å². The second kappa shape index (κ2) is 7.42. The van der Waals surface area contributed by atoms with E-state index < -0.39 is 0 Å². The number of hydrogen-bond acceptors (Lipinski definition) is 5. The van der Waals surface area contributed by atoms with Crippen LogP contribution in [0.15, 0.2) is 36.5 Å². The molecule has 0 saturated carbocycles. The maximum Gasteiger partial charge on any atom is 0.224 e. The standard InChI is InChI=1S/C18H25N5/c1-22(2)13-6-11-19-18-20-12-10-17(21-18)23-14-5-8-15-7-3-4-9-16(15)23/h3-4,7,9-10,12H,5-6,8,11,13-14H2,1-2H3,(H,19,20,21). The van der Waals surface area contributed by atoms with Crippen LogP contribution in [-0.2, 0) is 6.42 Å². The Balaban J connectivity index is 1.71. The molecule has 2 heterocycles. The van der Waals surface area contributed by atoms with E-state index >= 15 is 0 Å². The van der Waals surface area contributed by atoms with E-state index in [0.29, 0.717) is 5.95 Å². The molecule has 5 nitrogen and oxygen atoms in total. The van der Waals surface area contributed by atoms with Crippen molar-refractivity contribution < 1.29 is 0 Å². The fourth-order valence-electron chi connectivity index (χ4n) is 2.95. The van der Waals surface area contributed by atoms with Crippen molar-refractivity contribution in [1.82, 2.24) is 14.9 Å². The number of fused-ring (bicyclic) bond motifs is 1. The highest BCUT2D eigenvalue weighted by atomic mass is 15.2. The summed E-state index contributed by atoms with van der Waals surface area (Å²) in [5.41, 5.74) is 2.67. The fraction of sp³-hybridized carbons (Fsp3) is 0.444. The van der Waals surface area contributed by atoms with Crippen molar-refractivity contribution in [3.8, 4) is 0 Å². The molecule has 0 unspecified atom stereocenters. The van der Waals surface area contributed by atoms with Gasteiger partial charge in [0.2, 0.25) is 5.95 Å². The molecule has 0 atom stereocenters. The average molecular weight is 311 g/mol. The lowest BCUT2D eigenvalue weighted by Crippen LogP contribution is -2.25. The van der Waals surface area contributed by atoms with Gasteiger partial charge in [-0.1, -0.05) is 18.2 Å². The predicted molar refractivity (Wildman–Crippen MR) is 95.5 cm³/mol. The molecule has 0 amide bonds. The zero-order chi connectivity index (χ0) is 16.1. The van der Waals surface area contributed by atoms with Crippen molar-refractivity contribution in [1.29, 1.82) is 0 Å².